The molecule has 1 aliphatic rings. The molecule has 3 rings (SSSR count). The van der Waals surface area contributed by atoms with Gasteiger partial charge in [-0.1, -0.05) is 18.2 Å². The maximum absolute atomic E-state index is 12.6. The number of hydrogen-bond acceptors (Lipinski definition) is 5. The Morgan fingerprint density at radius 3 is 2.41 bits per heavy atom. The van der Waals surface area contributed by atoms with Crippen molar-refractivity contribution < 1.29 is 27.8 Å². The minimum absolute atomic E-state index is 0.0293. The summed E-state index contributed by atoms with van der Waals surface area (Å²) in [6.45, 7) is 2.84. The lowest BCUT2D eigenvalue weighted by Crippen LogP contribution is -2.47. The van der Waals surface area contributed by atoms with E-state index in [2.05, 4.69) is 9.64 Å². The van der Waals surface area contributed by atoms with E-state index >= 15 is 0 Å². The standard InChI is InChI=1S/C24H28F2N2O4/c1-3-31-22-16-18(6-10-21(22)32-24(25)26)7-11-23(29)28-14-12-27(13-15-28)17-19-4-8-20(30-2)9-5-19/h4-11,16,24H,3,12-15,17H2,1-2H3/b11-7+. The van der Waals surface area contributed by atoms with Crippen LogP contribution in [0.5, 0.6) is 17.2 Å². The van der Waals surface area contributed by atoms with E-state index in [9.17, 15) is 13.6 Å². The highest BCUT2D eigenvalue weighted by Crippen LogP contribution is 2.30. The molecule has 1 heterocycles. The molecule has 2 aromatic rings. The number of methoxy groups -OCH3 is 1. The van der Waals surface area contributed by atoms with Gasteiger partial charge in [0.05, 0.1) is 13.7 Å². The first kappa shape index (κ1) is 23.5. The van der Waals surface area contributed by atoms with E-state index in [1.54, 1.807) is 37.1 Å². The lowest BCUT2D eigenvalue weighted by molar-refractivity contribution is -0.127. The zero-order chi connectivity index (χ0) is 22.9. The Kier molecular flexibility index (Phi) is 8.44. The van der Waals surface area contributed by atoms with Gasteiger partial charge in [0, 0.05) is 38.8 Å². The quantitative estimate of drug-likeness (QED) is 0.544. The highest BCUT2D eigenvalue weighted by Gasteiger charge is 2.19. The first-order valence-electron chi connectivity index (χ1n) is 10.5. The van der Waals surface area contributed by atoms with Crippen molar-refractivity contribution >= 4 is 12.0 Å². The highest BCUT2D eigenvalue weighted by atomic mass is 19.3. The molecule has 0 bridgehead atoms. The molecule has 0 unspecified atom stereocenters. The molecular formula is C24H28F2N2O4. The van der Waals surface area contributed by atoms with Crippen LogP contribution in [0.4, 0.5) is 8.78 Å². The van der Waals surface area contributed by atoms with Gasteiger partial charge in [-0.2, -0.15) is 8.78 Å². The molecular weight excluding hydrogens is 418 g/mol. The Labute approximate surface area is 187 Å². The Balaban J connectivity index is 1.53. The van der Waals surface area contributed by atoms with Gasteiger partial charge < -0.3 is 19.1 Å². The summed E-state index contributed by atoms with van der Waals surface area (Å²) in [5.74, 6) is 0.938. The summed E-state index contributed by atoms with van der Waals surface area (Å²) in [7, 11) is 1.65. The van der Waals surface area contributed by atoms with Gasteiger partial charge in [-0.05, 0) is 48.4 Å². The molecule has 0 N–H and O–H groups in total. The van der Waals surface area contributed by atoms with E-state index in [0.29, 0.717) is 25.3 Å². The highest BCUT2D eigenvalue weighted by molar-refractivity contribution is 5.92. The van der Waals surface area contributed by atoms with Crippen molar-refractivity contribution in [2.75, 3.05) is 39.9 Å². The van der Waals surface area contributed by atoms with Crippen LogP contribution in [-0.4, -0.2) is 62.2 Å². The van der Waals surface area contributed by atoms with Gasteiger partial charge in [-0.25, -0.2) is 0 Å². The third-order valence-corrected chi connectivity index (χ3v) is 5.15. The fourth-order valence-corrected chi connectivity index (χ4v) is 3.48. The Bertz CT molecular complexity index is 911. The van der Waals surface area contributed by atoms with Crippen molar-refractivity contribution in [2.45, 2.75) is 20.1 Å². The summed E-state index contributed by atoms with van der Waals surface area (Å²) in [5.41, 5.74) is 1.87. The molecule has 0 saturated carbocycles. The van der Waals surface area contributed by atoms with Gasteiger partial charge in [0.2, 0.25) is 5.91 Å². The topological polar surface area (TPSA) is 51.2 Å². The summed E-state index contributed by atoms with van der Waals surface area (Å²) >= 11 is 0. The second-order valence-corrected chi connectivity index (χ2v) is 7.30. The Morgan fingerprint density at radius 1 is 1.06 bits per heavy atom. The summed E-state index contributed by atoms with van der Waals surface area (Å²) in [6, 6.07) is 12.6. The van der Waals surface area contributed by atoms with Crippen molar-refractivity contribution in [1.82, 2.24) is 9.80 Å². The van der Waals surface area contributed by atoms with Gasteiger partial charge in [0.25, 0.3) is 0 Å². The number of ether oxygens (including phenoxy) is 3. The summed E-state index contributed by atoms with van der Waals surface area (Å²) < 4.78 is 40.1. The van der Waals surface area contributed by atoms with Crippen LogP contribution in [0.1, 0.15) is 18.1 Å². The summed E-state index contributed by atoms with van der Waals surface area (Å²) in [4.78, 5) is 16.7. The molecule has 172 valence electrons. The third-order valence-electron chi connectivity index (χ3n) is 5.15. The van der Waals surface area contributed by atoms with Crippen LogP contribution in [0.15, 0.2) is 48.5 Å². The Hall–Kier alpha value is -3.13. The lowest BCUT2D eigenvalue weighted by atomic mass is 10.1. The second-order valence-electron chi connectivity index (χ2n) is 7.30. The third kappa shape index (κ3) is 6.68. The monoisotopic (exact) mass is 446 g/mol. The number of alkyl halides is 2. The van der Waals surface area contributed by atoms with Crippen molar-refractivity contribution in [2.24, 2.45) is 0 Å². The van der Waals surface area contributed by atoms with Crippen LogP contribution in [0.3, 0.4) is 0 Å². The maximum atomic E-state index is 12.6. The normalized spacial score (nSPS) is 14.7. The Morgan fingerprint density at radius 2 is 1.78 bits per heavy atom. The van der Waals surface area contributed by atoms with Crippen molar-refractivity contribution in [1.29, 1.82) is 0 Å². The van der Waals surface area contributed by atoms with Crippen LogP contribution >= 0.6 is 0 Å². The van der Waals surface area contributed by atoms with E-state index < -0.39 is 6.61 Å². The summed E-state index contributed by atoms with van der Waals surface area (Å²) in [6.07, 6.45) is 3.15. The molecule has 0 spiro atoms. The van der Waals surface area contributed by atoms with Crippen LogP contribution in [0.25, 0.3) is 6.08 Å². The van der Waals surface area contributed by atoms with Crippen LogP contribution in [-0.2, 0) is 11.3 Å². The molecule has 1 saturated heterocycles. The summed E-state index contributed by atoms with van der Waals surface area (Å²) in [5, 5.41) is 0. The van der Waals surface area contributed by atoms with Crippen LogP contribution in [0, 0.1) is 0 Å². The fourth-order valence-electron chi connectivity index (χ4n) is 3.48. The van der Waals surface area contributed by atoms with Gasteiger partial charge in [-0.15, -0.1) is 0 Å². The number of rotatable bonds is 9. The van der Waals surface area contributed by atoms with Gasteiger partial charge >= 0.3 is 6.61 Å². The first-order valence-corrected chi connectivity index (χ1v) is 10.5. The van der Waals surface area contributed by atoms with Crippen LogP contribution < -0.4 is 14.2 Å². The predicted octanol–water partition coefficient (Wildman–Crippen LogP) is 4.05. The molecule has 1 amide bonds. The molecule has 8 heteroatoms. The fraction of sp³-hybridized carbons (Fsp3) is 0.375. The molecule has 0 aliphatic carbocycles. The number of piperazine rings is 1. The molecule has 6 nitrogen and oxygen atoms in total. The van der Waals surface area contributed by atoms with Crippen molar-refractivity contribution in [3.05, 3.63) is 59.7 Å². The van der Waals surface area contributed by atoms with Gasteiger partial charge in [0.1, 0.15) is 5.75 Å². The molecule has 32 heavy (non-hydrogen) atoms. The minimum Gasteiger partial charge on any atom is -0.497 e. The minimum atomic E-state index is -2.93. The number of amides is 1. The molecule has 0 radical (unpaired) electrons. The molecule has 0 atom stereocenters. The average molecular weight is 446 g/mol. The maximum Gasteiger partial charge on any atom is 0.387 e. The van der Waals surface area contributed by atoms with E-state index in [4.69, 9.17) is 9.47 Å². The average Bonchev–Trinajstić information content (AvgIpc) is 2.80. The second kappa shape index (κ2) is 11.5. The molecule has 1 fully saturated rings. The van der Waals surface area contributed by atoms with Crippen LogP contribution in [0.2, 0.25) is 0 Å². The molecule has 1 aliphatic heterocycles. The van der Waals surface area contributed by atoms with Gasteiger partial charge in [-0.3, -0.25) is 9.69 Å². The number of carbonyl (C=O) groups is 1. The number of halogens is 2. The van der Waals surface area contributed by atoms with E-state index in [1.165, 1.54) is 17.7 Å². The zero-order valence-corrected chi connectivity index (χ0v) is 18.3. The predicted molar refractivity (Wildman–Crippen MR) is 118 cm³/mol. The number of hydrogen-bond donors (Lipinski definition) is 0. The zero-order valence-electron chi connectivity index (χ0n) is 18.3. The number of nitrogens with zero attached hydrogens (tertiary/aromatic N) is 2. The smallest absolute Gasteiger partial charge is 0.387 e. The lowest BCUT2D eigenvalue weighted by Gasteiger charge is -2.34. The van der Waals surface area contributed by atoms with Gasteiger partial charge in [0.15, 0.2) is 11.5 Å². The molecule has 2 aromatic carbocycles. The first-order chi connectivity index (χ1) is 15.5. The van der Waals surface area contributed by atoms with E-state index in [-0.39, 0.29) is 17.4 Å². The molecule has 0 aromatic heterocycles. The van der Waals surface area contributed by atoms with E-state index in [0.717, 1.165) is 25.4 Å². The largest absolute Gasteiger partial charge is 0.497 e. The number of benzene rings is 2. The number of carbonyl (C=O) groups excluding carboxylic acids is 1. The van der Waals surface area contributed by atoms with Crippen molar-refractivity contribution in [3.63, 3.8) is 0 Å². The van der Waals surface area contributed by atoms with E-state index in [1.807, 2.05) is 24.3 Å². The van der Waals surface area contributed by atoms with Crippen molar-refractivity contribution in [3.8, 4) is 17.2 Å². The SMILES string of the molecule is CCOc1cc(/C=C/C(=O)N2CCN(Cc3ccc(OC)cc3)CC2)ccc1OC(F)F.